The average molecular weight is 352 g/mol. The highest BCUT2D eigenvalue weighted by atomic mass is 16.4. The summed E-state index contributed by atoms with van der Waals surface area (Å²) >= 11 is 0. The molecule has 0 saturated heterocycles. The third-order valence-corrected chi connectivity index (χ3v) is 3.95. The van der Waals surface area contributed by atoms with E-state index in [-0.39, 0.29) is 5.57 Å². The van der Waals surface area contributed by atoms with E-state index in [9.17, 15) is 4.79 Å². The highest BCUT2D eigenvalue weighted by molar-refractivity contribution is 5.91. The van der Waals surface area contributed by atoms with Crippen LogP contribution in [0.25, 0.3) is 6.08 Å². The van der Waals surface area contributed by atoms with Crippen molar-refractivity contribution in [3.05, 3.63) is 59.7 Å². The molecular weight excluding hydrogens is 324 g/mol. The van der Waals surface area contributed by atoms with Crippen LogP contribution in [0.1, 0.15) is 45.1 Å². The van der Waals surface area contributed by atoms with Gasteiger partial charge in [0.15, 0.2) is 0 Å². The lowest BCUT2D eigenvalue weighted by Gasteiger charge is -2.24. The number of anilines is 1. The number of hydrogen-bond donors (Lipinski definition) is 1. The Balaban J connectivity index is 2.70. The van der Waals surface area contributed by atoms with Crippen molar-refractivity contribution in [3.63, 3.8) is 0 Å². The number of nitriles is 1. The number of aliphatic carboxylic acids is 1. The minimum Gasteiger partial charge on any atom is -0.477 e. The van der Waals surface area contributed by atoms with Crippen LogP contribution >= 0.6 is 0 Å². The summed E-state index contributed by atoms with van der Waals surface area (Å²) in [5.41, 5.74) is 2.05. The van der Waals surface area contributed by atoms with Crippen LogP contribution in [-0.2, 0) is 4.79 Å². The van der Waals surface area contributed by atoms with Crippen LogP contribution in [0.4, 0.5) is 5.69 Å². The summed E-state index contributed by atoms with van der Waals surface area (Å²) in [6, 6.07) is 10.1. The van der Waals surface area contributed by atoms with Crippen molar-refractivity contribution < 1.29 is 9.90 Å². The Morgan fingerprint density at radius 3 is 2.19 bits per heavy atom. The molecule has 1 aromatic rings. The van der Waals surface area contributed by atoms with E-state index in [1.807, 2.05) is 12.2 Å². The van der Waals surface area contributed by atoms with E-state index in [2.05, 4.69) is 43.0 Å². The number of rotatable bonds is 11. The number of allylic oxidation sites excluding steroid dienone is 4. The van der Waals surface area contributed by atoms with E-state index in [4.69, 9.17) is 10.4 Å². The van der Waals surface area contributed by atoms with Gasteiger partial charge in [-0.05, 0) is 36.6 Å². The zero-order valence-electron chi connectivity index (χ0n) is 15.7. The van der Waals surface area contributed by atoms with Crippen LogP contribution in [0.5, 0.6) is 0 Å². The zero-order valence-corrected chi connectivity index (χ0v) is 15.7. The number of unbranched alkanes of at least 4 members (excludes halogenated alkanes) is 2. The topological polar surface area (TPSA) is 64.3 Å². The Labute approximate surface area is 156 Å². The SMILES string of the molecule is CCCCN(CCCC)c1ccc(/C=C/C=C/C=C(\C#N)C(=O)O)cc1. The summed E-state index contributed by atoms with van der Waals surface area (Å²) < 4.78 is 0. The van der Waals surface area contributed by atoms with Crippen molar-refractivity contribution in [2.24, 2.45) is 0 Å². The molecule has 1 rings (SSSR count). The number of carboxylic acids is 1. The van der Waals surface area contributed by atoms with Crippen molar-refractivity contribution in [2.45, 2.75) is 39.5 Å². The molecule has 0 saturated carbocycles. The zero-order chi connectivity index (χ0) is 19.2. The van der Waals surface area contributed by atoms with Gasteiger partial charge in [0.1, 0.15) is 11.6 Å². The van der Waals surface area contributed by atoms with E-state index < -0.39 is 5.97 Å². The van der Waals surface area contributed by atoms with Gasteiger partial charge in [-0.15, -0.1) is 0 Å². The molecule has 1 N–H and O–H groups in total. The number of carbonyl (C=O) groups is 1. The van der Waals surface area contributed by atoms with Crippen LogP contribution in [0, 0.1) is 11.3 Å². The van der Waals surface area contributed by atoms with Crippen LogP contribution in [0.15, 0.2) is 54.1 Å². The second-order valence-corrected chi connectivity index (χ2v) is 6.03. The average Bonchev–Trinajstić information content (AvgIpc) is 2.65. The van der Waals surface area contributed by atoms with Gasteiger partial charge < -0.3 is 10.0 Å². The molecule has 4 heteroatoms. The third kappa shape index (κ3) is 7.85. The van der Waals surface area contributed by atoms with Crippen molar-refractivity contribution in [1.82, 2.24) is 0 Å². The molecule has 0 fully saturated rings. The van der Waals surface area contributed by atoms with Crippen molar-refractivity contribution in [1.29, 1.82) is 5.26 Å². The van der Waals surface area contributed by atoms with E-state index in [0.717, 1.165) is 18.7 Å². The Morgan fingerprint density at radius 2 is 1.69 bits per heavy atom. The van der Waals surface area contributed by atoms with Crippen molar-refractivity contribution >= 4 is 17.7 Å². The number of hydrogen-bond acceptors (Lipinski definition) is 3. The van der Waals surface area contributed by atoms with Gasteiger partial charge in [0.05, 0.1) is 0 Å². The molecule has 0 radical (unpaired) electrons. The maximum atomic E-state index is 10.7. The molecule has 0 heterocycles. The van der Waals surface area contributed by atoms with Gasteiger partial charge >= 0.3 is 5.97 Å². The van der Waals surface area contributed by atoms with Gasteiger partial charge in [0, 0.05) is 18.8 Å². The first-order chi connectivity index (χ1) is 12.6. The van der Waals surface area contributed by atoms with E-state index in [1.54, 1.807) is 18.2 Å². The summed E-state index contributed by atoms with van der Waals surface area (Å²) in [6.07, 6.45) is 13.1. The summed E-state index contributed by atoms with van der Waals surface area (Å²) in [6.45, 7) is 6.60. The van der Waals surface area contributed by atoms with Gasteiger partial charge in [-0.3, -0.25) is 0 Å². The monoisotopic (exact) mass is 352 g/mol. The Morgan fingerprint density at radius 1 is 1.08 bits per heavy atom. The minimum atomic E-state index is -1.22. The molecular formula is C22H28N2O2. The summed E-state index contributed by atoms with van der Waals surface area (Å²) in [4.78, 5) is 13.1. The molecule has 0 aliphatic carbocycles. The van der Waals surface area contributed by atoms with Crippen molar-refractivity contribution in [3.8, 4) is 6.07 Å². The van der Waals surface area contributed by atoms with Gasteiger partial charge in [0.2, 0.25) is 0 Å². The molecule has 0 unspecified atom stereocenters. The lowest BCUT2D eigenvalue weighted by Crippen LogP contribution is -2.25. The van der Waals surface area contributed by atoms with Gasteiger partial charge in [-0.25, -0.2) is 4.79 Å². The Kier molecular flexibility index (Phi) is 10.3. The summed E-state index contributed by atoms with van der Waals surface area (Å²) in [7, 11) is 0. The smallest absolute Gasteiger partial charge is 0.346 e. The molecule has 0 amide bonds. The quantitative estimate of drug-likeness (QED) is 0.338. The molecule has 0 aromatic heterocycles. The number of carboxylic acid groups (broad SMARTS) is 1. The van der Waals surface area contributed by atoms with E-state index >= 15 is 0 Å². The molecule has 1 aromatic carbocycles. The fraction of sp³-hybridized carbons (Fsp3) is 0.364. The molecule has 0 bridgehead atoms. The molecule has 4 nitrogen and oxygen atoms in total. The molecule has 0 aliphatic heterocycles. The number of nitrogens with zero attached hydrogens (tertiary/aromatic N) is 2. The first-order valence-corrected chi connectivity index (χ1v) is 9.15. The van der Waals surface area contributed by atoms with E-state index in [1.165, 1.54) is 37.4 Å². The van der Waals surface area contributed by atoms with Gasteiger partial charge in [0.25, 0.3) is 0 Å². The normalized spacial score (nSPS) is 11.8. The Hall–Kier alpha value is -2.80. The fourth-order valence-corrected chi connectivity index (χ4v) is 2.40. The van der Waals surface area contributed by atoms with Crippen LogP contribution in [0.3, 0.4) is 0 Å². The second-order valence-electron chi connectivity index (χ2n) is 6.03. The second kappa shape index (κ2) is 12.5. The predicted octanol–water partition coefficient (Wildman–Crippen LogP) is 5.20. The molecule has 0 spiro atoms. The van der Waals surface area contributed by atoms with Gasteiger partial charge in [-0.2, -0.15) is 5.26 Å². The molecule has 26 heavy (non-hydrogen) atoms. The lowest BCUT2D eigenvalue weighted by molar-refractivity contribution is -0.132. The minimum absolute atomic E-state index is 0.279. The fourth-order valence-electron chi connectivity index (χ4n) is 2.40. The molecule has 138 valence electrons. The highest BCUT2D eigenvalue weighted by Crippen LogP contribution is 2.17. The largest absolute Gasteiger partial charge is 0.477 e. The Bertz CT molecular complexity index is 671. The highest BCUT2D eigenvalue weighted by Gasteiger charge is 2.05. The van der Waals surface area contributed by atoms with Crippen LogP contribution < -0.4 is 4.90 Å². The molecule has 0 atom stereocenters. The van der Waals surface area contributed by atoms with E-state index in [0.29, 0.717) is 0 Å². The van der Waals surface area contributed by atoms with Crippen molar-refractivity contribution in [2.75, 3.05) is 18.0 Å². The number of benzene rings is 1. The standard InChI is InChI=1S/C22H28N2O2/c1-3-5-16-24(17-6-4-2)21-14-12-19(13-15-21)10-8-7-9-11-20(18-23)22(25)26/h7-15H,3-6,16-17H2,1-2H3,(H,25,26)/b9-7+,10-8+,20-11+. The first kappa shape index (κ1) is 21.2. The van der Waals surface area contributed by atoms with Crippen LogP contribution in [-0.4, -0.2) is 24.2 Å². The summed E-state index contributed by atoms with van der Waals surface area (Å²) in [5.74, 6) is -1.22. The third-order valence-electron chi connectivity index (χ3n) is 3.95. The predicted molar refractivity (Wildman–Crippen MR) is 108 cm³/mol. The summed E-state index contributed by atoms with van der Waals surface area (Å²) in [5, 5.41) is 17.4. The van der Waals surface area contributed by atoms with Gasteiger partial charge in [-0.1, -0.05) is 63.1 Å². The maximum Gasteiger partial charge on any atom is 0.346 e. The van der Waals surface area contributed by atoms with Crippen LogP contribution in [0.2, 0.25) is 0 Å². The maximum absolute atomic E-state index is 10.7. The lowest BCUT2D eigenvalue weighted by atomic mass is 10.1. The first-order valence-electron chi connectivity index (χ1n) is 9.15. The molecule has 0 aliphatic rings.